The topological polar surface area (TPSA) is 41.1 Å². The molecule has 23 heavy (non-hydrogen) atoms. The van der Waals surface area contributed by atoms with E-state index < -0.39 is 11.7 Å². The molecule has 0 aliphatic heterocycles. The Labute approximate surface area is 133 Å². The van der Waals surface area contributed by atoms with Crippen molar-refractivity contribution in [2.45, 2.75) is 37.3 Å². The van der Waals surface area contributed by atoms with E-state index in [-0.39, 0.29) is 17.9 Å². The van der Waals surface area contributed by atoms with Gasteiger partial charge in [0, 0.05) is 12.0 Å². The second-order valence-electron chi connectivity index (χ2n) is 6.71. The third-order valence-corrected chi connectivity index (χ3v) is 4.70. The van der Waals surface area contributed by atoms with Gasteiger partial charge in [-0.2, -0.15) is 13.2 Å². The summed E-state index contributed by atoms with van der Waals surface area (Å²) in [6, 6.07) is 5.46. The first-order valence-corrected chi connectivity index (χ1v) is 8.04. The minimum absolute atomic E-state index is 0.0936. The molecule has 0 unspecified atom stereocenters. The molecular formula is C17H21F3N2O. The quantitative estimate of drug-likeness (QED) is 0.809. The Bertz CT molecular complexity index is 577. The number of rotatable bonds is 7. The minimum Gasteiger partial charge on any atom is -0.354 e. The van der Waals surface area contributed by atoms with E-state index in [1.54, 1.807) is 6.07 Å². The first kappa shape index (κ1) is 16.3. The van der Waals surface area contributed by atoms with Gasteiger partial charge in [-0.1, -0.05) is 18.2 Å². The lowest BCUT2D eigenvalue weighted by Crippen LogP contribution is -2.38. The van der Waals surface area contributed by atoms with Crippen LogP contribution in [0.1, 0.15) is 36.8 Å². The van der Waals surface area contributed by atoms with E-state index in [0.29, 0.717) is 18.0 Å². The first-order chi connectivity index (χ1) is 10.9. The molecule has 2 saturated carbocycles. The maximum absolute atomic E-state index is 12.8. The molecular weight excluding hydrogens is 305 g/mol. The van der Waals surface area contributed by atoms with Gasteiger partial charge in [0.25, 0.3) is 0 Å². The summed E-state index contributed by atoms with van der Waals surface area (Å²) in [5, 5.41) is 5.97. The van der Waals surface area contributed by atoms with Gasteiger partial charge in [-0.15, -0.1) is 0 Å². The number of carbonyl (C=O) groups excluding carboxylic acids is 1. The Morgan fingerprint density at radius 2 is 2.00 bits per heavy atom. The Hall–Kier alpha value is -1.56. The number of nitrogens with one attached hydrogen (secondary N) is 2. The van der Waals surface area contributed by atoms with Gasteiger partial charge < -0.3 is 10.6 Å². The summed E-state index contributed by atoms with van der Waals surface area (Å²) in [5.41, 5.74) is -0.287. The molecule has 0 bridgehead atoms. The molecule has 0 atom stereocenters. The molecule has 1 aromatic carbocycles. The molecule has 2 fully saturated rings. The molecule has 0 spiro atoms. The van der Waals surface area contributed by atoms with Gasteiger partial charge in [-0.25, -0.2) is 0 Å². The van der Waals surface area contributed by atoms with E-state index in [1.165, 1.54) is 25.0 Å². The molecule has 0 aromatic heterocycles. The van der Waals surface area contributed by atoms with Crippen LogP contribution in [-0.2, 0) is 16.4 Å². The standard InChI is InChI=1S/C17H21F3N2O/c18-17(19,20)14-3-1-2-13(8-14)16(6-7-16)11-22-15(23)10-21-9-12-4-5-12/h1-3,8,12,21H,4-7,9-11H2,(H,22,23). The van der Waals surface area contributed by atoms with Crippen LogP contribution in [0.5, 0.6) is 0 Å². The highest BCUT2D eigenvalue weighted by Crippen LogP contribution is 2.48. The molecule has 6 heteroatoms. The highest BCUT2D eigenvalue weighted by molar-refractivity contribution is 5.78. The third kappa shape index (κ3) is 4.25. The average Bonchev–Trinajstić information content (AvgIpc) is 3.40. The lowest BCUT2D eigenvalue weighted by molar-refractivity contribution is -0.137. The van der Waals surface area contributed by atoms with Crippen LogP contribution < -0.4 is 10.6 Å². The van der Waals surface area contributed by atoms with Crippen molar-refractivity contribution in [3.63, 3.8) is 0 Å². The van der Waals surface area contributed by atoms with Crippen molar-refractivity contribution in [2.24, 2.45) is 5.92 Å². The van der Waals surface area contributed by atoms with E-state index in [9.17, 15) is 18.0 Å². The van der Waals surface area contributed by atoms with Crippen molar-refractivity contribution in [2.75, 3.05) is 19.6 Å². The van der Waals surface area contributed by atoms with Crippen LogP contribution in [-0.4, -0.2) is 25.5 Å². The zero-order chi connectivity index (χ0) is 16.5. The van der Waals surface area contributed by atoms with Crippen LogP contribution in [0.4, 0.5) is 13.2 Å². The summed E-state index contributed by atoms with van der Waals surface area (Å²) in [6.45, 7) is 1.54. The van der Waals surface area contributed by atoms with Crippen molar-refractivity contribution in [3.05, 3.63) is 35.4 Å². The Balaban J connectivity index is 1.53. The molecule has 2 aliphatic carbocycles. The Morgan fingerprint density at radius 3 is 2.61 bits per heavy atom. The zero-order valence-corrected chi connectivity index (χ0v) is 12.9. The fraction of sp³-hybridized carbons (Fsp3) is 0.588. The molecule has 3 nitrogen and oxygen atoms in total. The maximum Gasteiger partial charge on any atom is 0.416 e. The second kappa shape index (κ2) is 6.15. The fourth-order valence-corrected chi connectivity index (χ4v) is 2.79. The normalized spacial score (nSPS) is 19.4. The fourth-order valence-electron chi connectivity index (χ4n) is 2.79. The van der Waals surface area contributed by atoms with Crippen molar-refractivity contribution in [1.82, 2.24) is 10.6 Å². The first-order valence-electron chi connectivity index (χ1n) is 8.04. The number of halogens is 3. The summed E-state index contributed by atoms with van der Waals surface area (Å²) < 4.78 is 38.5. The van der Waals surface area contributed by atoms with E-state index in [0.717, 1.165) is 25.5 Å². The summed E-state index contributed by atoms with van der Waals surface area (Å²) in [6.07, 6.45) is -0.253. The molecule has 0 saturated heterocycles. The van der Waals surface area contributed by atoms with E-state index in [4.69, 9.17) is 0 Å². The van der Waals surface area contributed by atoms with Crippen molar-refractivity contribution < 1.29 is 18.0 Å². The monoisotopic (exact) mass is 326 g/mol. The van der Waals surface area contributed by atoms with Gasteiger partial charge in [-0.3, -0.25) is 4.79 Å². The van der Waals surface area contributed by atoms with E-state index in [2.05, 4.69) is 10.6 Å². The summed E-state index contributed by atoms with van der Waals surface area (Å²) in [7, 11) is 0. The van der Waals surface area contributed by atoms with Gasteiger partial charge in [0.15, 0.2) is 0 Å². The van der Waals surface area contributed by atoms with Crippen LogP contribution in [0, 0.1) is 5.92 Å². The highest BCUT2D eigenvalue weighted by atomic mass is 19.4. The van der Waals surface area contributed by atoms with Crippen LogP contribution >= 0.6 is 0 Å². The molecule has 2 N–H and O–H groups in total. The van der Waals surface area contributed by atoms with E-state index in [1.807, 2.05) is 0 Å². The molecule has 2 aliphatic rings. The van der Waals surface area contributed by atoms with E-state index >= 15 is 0 Å². The second-order valence-corrected chi connectivity index (χ2v) is 6.71. The Morgan fingerprint density at radius 1 is 1.26 bits per heavy atom. The highest BCUT2D eigenvalue weighted by Gasteiger charge is 2.45. The Kier molecular flexibility index (Phi) is 4.36. The molecule has 0 heterocycles. The molecule has 126 valence electrons. The molecule has 1 aromatic rings. The number of benzene rings is 1. The van der Waals surface area contributed by atoms with Crippen molar-refractivity contribution in [1.29, 1.82) is 0 Å². The number of alkyl halides is 3. The smallest absolute Gasteiger partial charge is 0.354 e. The van der Waals surface area contributed by atoms with Gasteiger partial charge in [0.05, 0.1) is 12.1 Å². The average molecular weight is 326 g/mol. The largest absolute Gasteiger partial charge is 0.416 e. The van der Waals surface area contributed by atoms with Gasteiger partial charge in [0.1, 0.15) is 0 Å². The number of hydrogen-bond donors (Lipinski definition) is 2. The molecule has 3 rings (SSSR count). The van der Waals surface area contributed by atoms with Crippen LogP contribution in [0.15, 0.2) is 24.3 Å². The predicted molar refractivity (Wildman–Crippen MR) is 81.0 cm³/mol. The van der Waals surface area contributed by atoms with Crippen molar-refractivity contribution in [3.8, 4) is 0 Å². The number of carbonyl (C=O) groups is 1. The van der Waals surface area contributed by atoms with Crippen LogP contribution in [0.25, 0.3) is 0 Å². The zero-order valence-electron chi connectivity index (χ0n) is 12.9. The summed E-state index contributed by atoms with van der Waals surface area (Å²) >= 11 is 0. The lowest BCUT2D eigenvalue weighted by Gasteiger charge is -2.18. The SMILES string of the molecule is O=C(CNCC1CC1)NCC1(c2cccc(C(F)(F)F)c2)CC1. The van der Waals surface area contributed by atoms with Gasteiger partial charge in [-0.05, 0) is 49.8 Å². The van der Waals surface area contributed by atoms with Gasteiger partial charge in [0.2, 0.25) is 5.91 Å². The predicted octanol–water partition coefficient (Wildman–Crippen LogP) is 2.85. The third-order valence-electron chi connectivity index (χ3n) is 4.70. The van der Waals surface area contributed by atoms with Crippen LogP contribution in [0.3, 0.4) is 0 Å². The summed E-state index contributed by atoms with van der Waals surface area (Å²) in [5.74, 6) is 0.617. The van der Waals surface area contributed by atoms with Crippen LogP contribution in [0.2, 0.25) is 0 Å². The number of amides is 1. The molecule has 1 amide bonds. The van der Waals surface area contributed by atoms with Crippen molar-refractivity contribution >= 4 is 5.91 Å². The lowest BCUT2D eigenvalue weighted by atomic mass is 9.94. The maximum atomic E-state index is 12.8. The molecule has 0 radical (unpaired) electrons. The minimum atomic E-state index is -4.33. The summed E-state index contributed by atoms with van der Waals surface area (Å²) in [4.78, 5) is 11.8. The van der Waals surface area contributed by atoms with Gasteiger partial charge >= 0.3 is 6.18 Å². The number of hydrogen-bond acceptors (Lipinski definition) is 2.